The quantitative estimate of drug-likeness (QED) is 0.293. The molecule has 0 bridgehead atoms. The highest BCUT2D eigenvalue weighted by molar-refractivity contribution is 5.90. The molecule has 1 saturated heterocycles. The van der Waals surface area contributed by atoms with Gasteiger partial charge in [-0.1, -0.05) is 49.4 Å². The summed E-state index contributed by atoms with van der Waals surface area (Å²) in [5.41, 5.74) is 2.83. The summed E-state index contributed by atoms with van der Waals surface area (Å²) >= 11 is 0. The molecule has 0 aliphatic carbocycles. The van der Waals surface area contributed by atoms with E-state index in [1.165, 1.54) is 24.2 Å². The maximum atomic E-state index is 9.55. The number of ether oxygens (including phenoxy) is 1. The molecule has 11 heteroatoms. The van der Waals surface area contributed by atoms with Gasteiger partial charge in [0.1, 0.15) is 5.75 Å². The molecule has 2 aromatic rings. The van der Waals surface area contributed by atoms with Crippen LogP contribution in [-0.4, -0.2) is 93.9 Å². The highest BCUT2D eigenvalue weighted by atomic mass is 16.5. The van der Waals surface area contributed by atoms with Crippen LogP contribution in [0.4, 0.5) is 0 Å². The van der Waals surface area contributed by atoms with E-state index in [0.717, 1.165) is 38.2 Å². The van der Waals surface area contributed by atoms with Crippen LogP contribution >= 0.6 is 0 Å². The van der Waals surface area contributed by atoms with Gasteiger partial charge >= 0.3 is 23.9 Å². The molecule has 1 aliphatic rings. The molecule has 4 N–H and O–H groups in total. The minimum Gasteiger partial charge on any atom is -0.497 e. The largest absolute Gasteiger partial charge is 0.497 e. The lowest BCUT2D eigenvalue weighted by Gasteiger charge is -2.39. The first-order chi connectivity index (χ1) is 19.5. The summed E-state index contributed by atoms with van der Waals surface area (Å²) in [6.45, 7) is 8.07. The lowest BCUT2D eigenvalue weighted by molar-refractivity contribution is -0.134. The minimum atomic E-state index is -1.26. The monoisotopic (exact) mass is 570 g/mol. The Morgan fingerprint density at radius 2 is 1.22 bits per heavy atom. The van der Waals surface area contributed by atoms with Crippen LogP contribution in [0.5, 0.6) is 5.75 Å². The van der Waals surface area contributed by atoms with Gasteiger partial charge in [0.25, 0.3) is 0 Å². The molecule has 11 nitrogen and oxygen atoms in total. The van der Waals surface area contributed by atoms with E-state index in [4.69, 9.17) is 25.2 Å². The number of hydrogen-bond donors (Lipinski definition) is 4. The Kier molecular flexibility index (Phi) is 16.5. The molecule has 0 spiro atoms. The van der Waals surface area contributed by atoms with Crippen molar-refractivity contribution in [3.8, 4) is 5.75 Å². The summed E-state index contributed by atoms with van der Waals surface area (Å²) in [5, 5.41) is 31.2. The number of nitrogens with zero attached hydrogens (tertiary/aromatic N) is 2. The highest BCUT2D eigenvalue weighted by Gasteiger charge is 2.24. The molecule has 41 heavy (non-hydrogen) atoms. The minimum absolute atomic E-state index is 0.477. The average Bonchev–Trinajstić information content (AvgIpc) is 2.97. The lowest BCUT2D eigenvalue weighted by Crippen LogP contribution is -2.47. The number of carboxylic acid groups (broad SMARTS) is 4. The Bertz CT molecular complexity index is 1070. The molecule has 1 unspecified atom stereocenters. The second kappa shape index (κ2) is 19.6. The van der Waals surface area contributed by atoms with Crippen LogP contribution in [-0.2, 0) is 25.6 Å². The standard InChI is InChI=1S/C22H30N2O.2C4H4O4/c1-3-23-15-17-24(18-16-23)22(14-9-19-7-5-4-6-8-19)20-10-12-21(25-2)13-11-20;2*5-3(6)1-2-4(7)8/h4-8,10-13,22H,3,9,14-18H2,1-2H3;2*1-2H,(H,5,6)(H,7,8)/b;2*2-1-. The molecule has 1 atom stereocenters. The molecule has 0 saturated carbocycles. The molecule has 222 valence electrons. The molecular weight excluding hydrogens is 532 g/mol. The van der Waals surface area contributed by atoms with E-state index in [2.05, 4.69) is 71.3 Å². The van der Waals surface area contributed by atoms with E-state index >= 15 is 0 Å². The van der Waals surface area contributed by atoms with Gasteiger partial charge in [0, 0.05) is 56.5 Å². The van der Waals surface area contributed by atoms with Crippen molar-refractivity contribution in [2.45, 2.75) is 25.8 Å². The van der Waals surface area contributed by atoms with E-state index in [1.807, 2.05) is 0 Å². The smallest absolute Gasteiger partial charge is 0.328 e. The third kappa shape index (κ3) is 15.6. The molecule has 1 aliphatic heterocycles. The van der Waals surface area contributed by atoms with Crippen LogP contribution in [0.25, 0.3) is 0 Å². The number of carboxylic acids is 4. The number of piperazine rings is 1. The fourth-order valence-electron chi connectivity index (χ4n) is 4.01. The van der Waals surface area contributed by atoms with Crippen molar-refractivity contribution in [1.82, 2.24) is 9.80 Å². The van der Waals surface area contributed by atoms with E-state index < -0.39 is 23.9 Å². The lowest BCUT2D eigenvalue weighted by atomic mass is 9.96. The highest BCUT2D eigenvalue weighted by Crippen LogP contribution is 2.28. The van der Waals surface area contributed by atoms with Crippen molar-refractivity contribution in [3.63, 3.8) is 0 Å². The third-order valence-electron chi connectivity index (χ3n) is 6.08. The van der Waals surface area contributed by atoms with Gasteiger partial charge in [0.05, 0.1) is 7.11 Å². The molecule has 1 fully saturated rings. The van der Waals surface area contributed by atoms with E-state index in [9.17, 15) is 19.2 Å². The predicted molar refractivity (Wildman–Crippen MR) is 153 cm³/mol. The SMILES string of the molecule is CCN1CCN(C(CCc2ccccc2)c2ccc(OC)cc2)CC1.O=C(O)/C=C\C(=O)O.O=C(O)/C=C\C(=O)O. The van der Waals surface area contributed by atoms with Crippen LogP contribution < -0.4 is 4.74 Å². The third-order valence-corrected chi connectivity index (χ3v) is 6.08. The summed E-state index contributed by atoms with van der Waals surface area (Å²) in [6, 6.07) is 20.0. The summed E-state index contributed by atoms with van der Waals surface area (Å²) < 4.78 is 5.33. The van der Waals surface area contributed by atoms with Crippen LogP contribution in [0, 0.1) is 0 Å². The van der Waals surface area contributed by atoms with Crippen molar-refractivity contribution in [2.24, 2.45) is 0 Å². The van der Waals surface area contributed by atoms with Crippen molar-refractivity contribution in [2.75, 3.05) is 39.8 Å². The van der Waals surface area contributed by atoms with Gasteiger partial charge in [-0.25, -0.2) is 19.2 Å². The molecular formula is C30H38N2O9. The maximum Gasteiger partial charge on any atom is 0.328 e. The normalized spacial score (nSPS) is 14.3. The fraction of sp³-hybridized carbons (Fsp3) is 0.333. The van der Waals surface area contributed by atoms with Crippen molar-refractivity contribution < 1.29 is 44.3 Å². The number of aliphatic carboxylic acids is 4. The van der Waals surface area contributed by atoms with Crippen LogP contribution in [0.1, 0.15) is 30.5 Å². The van der Waals surface area contributed by atoms with Gasteiger partial charge in [0.15, 0.2) is 0 Å². The number of rotatable bonds is 11. The van der Waals surface area contributed by atoms with E-state index in [1.54, 1.807) is 7.11 Å². The fourth-order valence-corrected chi connectivity index (χ4v) is 4.01. The first-order valence-corrected chi connectivity index (χ1v) is 13.0. The van der Waals surface area contributed by atoms with Crippen LogP contribution in [0.15, 0.2) is 78.9 Å². The van der Waals surface area contributed by atoms with Crippen molar-refractivity contribution >= 4 is 23.9 Å². The number of carbonyl (C=O) groups is 4. The van der Waals surface area contributed by atoms with E-state index in [0.29, 0.717) is 30.3 Å². The summed E-state index contributed by atoms with van der Waals surface area (Å²) in [7, 11) is 1.73. The summed E-state index contributed by atoms with van der Waals surface area (Å²) in [4.78, 5) is 43.4. The zero-order chi connectivity index (χ0) is 30.6. The van der Waals surface area contributed by atoms with Gasteiger partial charge in [-0.2, -0.15) is 0 Å². The molecule has 1 heterocycles. The molecule has 0 aromatic heterocycles. The van der Waals surface area contributed by atoms with Crippen molar-refractivity contribution in [1.29, 1.82) is 0 Å². The zero-order valence-corrected chi connectivity index (χ0v) is 23.3. The Hall–Kier alpha value is -4.48. The number of methoxy groups -OCH3 is 1. The Morgan fingerprint density at radius 1 is 0.756 bits per heavy atom. The first-order valence-electron chi connectivity index (χ1n) is 13.0. The number of aryl methyl sites for hydroxylation is 1. The molecule has 2 aromatic carbocycles. The van der Waals surface area contributed by atoms with Gasteiger partial charge in [0.2, 0.25) is 0 Å². The van der Waals surface area contributed by atoms with Gasteiger partial charge < -0.3 is 30.1 Å². The Labute approximate surface area is 239 Å². The summed E-state index contributed by atoms with van der Waals surface area (Å²) in [5.74, 6) is -4.10. The van der Waals surface area contributed by atoms with Gasteiger partial charge in [-0.15, -0.1) is 0 Å². The topological polar surface area (TPSA) is 165 Å². The van der Waals surface area contributed by atoms with Gasteiger partial charge in [-0.3, -0.25) is 4.90 Å². The van der Waals surface area contributed by atoms with E-state index in [-0.39, 0.29) is 0 Å². The van der Waals surface area contributed by atoms with Crippen LogP contribution in [0.3, 0.4) is 0 Å². The second-order valence-electron chi connectivity index (χ2n) is 8.80. The molecule has 0 radical (unpaired) electrons. The maximum absolute atomic E-state index is 9.55. The van der Waals surface area contributed by atoms with Crippen molar-refractivity contribution in [3.05, 3.63) is 90.0 Å². The first kappa shape index (κ1) is 34.5. The molecule has 0 amide bonds. The summed E-state index contributed by atoms with van der Waals surface area (Å²) in [6.07, 6.45) is 4.50. The number of benzene rings is 2. The van der Waals surface area contributed by atoms with Gasteiger partial charge in [-0.05, 0) is 42.6 Å². The van der Waals surface area contributed by atoms with Crippen LogP contribution in [0.2, 0.25) is 0 Å². The number of likely N-dealkylation sites (N-methyl/N-ethyl adjacent to an activating group) is 1. The zero-order valence-electron chi connectivity index (χ0n) is 23.3. The second-order valence-corrected chi connectivity index (χ2v) is 8.80. The predicted octanol–water partition coefficient (Wildman–Crippen LogP) is 3.43. The molecule has 3 rings (SSSR count). The Balaban J connectivity index is 0.000000433. The Morgan fingerprint density at radius 3 is 1.61 bits per heavy atom. The average molecular weight is 571 g/mol. The number of hydrogen-bond acceptors (Lipinski definition) is 7.